The number of hydrogen-bond donors (Lipinski definition) is 2. The van der Waals surface area contributed by atoms with Gasteiger partial charge in [0.2, 0.25) is 0 Å². The molecule has 2 aromatic rings. The Kier molecular flexibility index (Phi) is 6.67. The Morgan fingerprint density at radius 2 is 2.00 bits per heavy atom. The fourth-order valence-electron chi connectivity index (χ4n) is 2.02. The minimum Gasteiger partial charge on any atom is -0.497 e. The van der Waals surface area contributed by atoms with Gasteiger partial charge in [-0.25, -0.2) is 4.68 Å². The molecule has 2 N–H and O–H groups in total. The number of benzene rings is 1. The van der Waals surface area contributed by atoms with Gasteiger partial charge in [0.05, 0.1) is 26.4 Å². The van der Waals surface area contributed by atoms with Crippen molar-refractivity contribution in [3.05, 3.63) is 58.0 Å². The molecule has 0 fully saturated rings. The molecule has 8 nitrogen and oxygen atoms in total. The van der Waals surface area contributed by atoms with E-state index in [9.17, 15) is 14.7 Å². The predicted molar refractivity (Wildman–Crippen MR) is 90.5 cm³/mol. The van der Waals surface area contributed by atoms with Crippen LogP contribution in [0.2, 0.25) is 0 Å². The molecule has 1 atom stereocenters. The Hall–Kier alpha value is -2.71. The lowest BCUT2D eigenvalue weighted by atomic mass is 10.2. The molecule has 0 spiro atoms. The van der Waals surface area contributed by atoms with Crippen LogP contribution in [0.4, 0.5) is 0 Å². The average molecular weight is 347 g/mol. The van der Waals surface area contributed by atoms with E-state index in [2.05, 4.69) is 10.4 Å². The molecule has 0 aliphatic rings. The number of aryl methyl sites for hydroxylation is 1. The molecule has 0 radical (unpaired) electrons. The summed E-state index contributed by atoms with van der Waals surface area (Å²) in [4.78, 5) is 23.2. The molecule has 1 aromatic heterocycles. The highest BCUT2D eigenvalue weighted by Crippen LogP contribution is 2.11. The molecule has 2 rings (SSSR count). The summed E-state index contributed by atoms with van der Waals surface area (Å²) in [5.41, 5.74) is 0.753. The highest BCUT2D eigenvalue weighted by atomic mass is 16.5. The third-order valence-electron chi connectivity index (χ3n) is 3.43. The van der Waals surface area contributed by atoms with Gasteiger partial charge in [0.1, 0.15) is 11.4 Å². The number of aliphatic hydroxyl groups is 1. The Balaban J connectivity index is 1.72. The molecule has 0 saturated heterocycles. The van der Waals surface area contributed by atoms with Gasteiger partial charge in [0, 0.05) is 19.7 Å². The van der Waals surface area contributed by atoms with Gasteiger partial charge in [-0.05, 0) is 23.8 Å². The van der Waals surface area contributed by atoms with E-state index in [1.54, 1.807) is 7.11 Å². The molecule has 0 saturated carbocycles. The minimum atomic E-state index is -0.852. The van der Waals surface area contributed by atoms with Crippen molar-refractivity contribution in [3.63, 3.8) is 0 Å². The quantitative estimate of drug-likeness (QED) is 0.702. The van der Waals surface area contributed by atoms with Crippen LogP contribution >= 0.6 is 0 Å². The number of methoxy groups -OCH3 is 1. The molecular formula is C17H21N3O5. The van der Waals surface area contributed by atoms with E-state index in [0.717, 1.165) is 16.0 Å². The van der Waals surface area contributed by atoms with E-state index < -0.39 is 12.0 Å². The lowest BCUT2D eigenvalue weighted by molar-refractivity contribution is 0.0284. The lowest BCUT2D eigenvalue weighted by Gasteiger charge is -2.12. The van der Waals surface area contributed by atoms with Crippen LogP contribution in [0.1, 0.15) is 16.1 Å². The Morgan fingerprint density at radius 1 is 1.28 bits per heavy atom. The van der Waals surface area contributed by atoms with Crippen LogP contribution in [-0.4, -0.2) is 47.2 Å². The first-order chi connectivity index (χ1) is 12.0. The normalized spacial score (nSPS) is 11.8. The predicted octanol–water partition coefficient (Wildman–Crippen LogP) is 0.0964. The topological polar surface area (TPSA) is 103 Å². The van der Waals surface area contributed by atoms with Crippen molar-refractivity contribution in [2.45, 2.75) is 12.7 Å². The number of carbonyl (C=O) groups excluding carboxylic acids is 1. The number of nitrogens with one attached hydrogen (secondary N) is 1. The number of ether oxygens (including phenoxy) is 2. The van der Waals surface area contributed by atoms with Gasteiger partial charge in [-0.1, -0.05) is 12.1 Å². The summed E-state index contributed by atoms with van der Waals surface area (Å²) in [5, 5.41) is 16.2. The van der Waals surface area contributed by atoms with Gasteiger partial charge in [-0.15, -0.1) is 0 Å². The summed E-state index contributed by atoms with van der Waals surface area (Å²) >= 11 is 0. The summed E-state index contributed by atoms with van der Waals surface area (Å²) < 4.78 is 11.6. The monoisotopic (exact) mass is 347 g/mol. The van der Waals surface area contributed by atoms with Crippen LogP contribution in [0.5, 0.6) is 5.75 Å². The highest BCUT2D eigenvalue weighted by molar-refractivity contribution is 5.91. The van der Waals surface area contributed by atoms with Crippen molar-refractivity contribution in [1.82, 2.24) is 15.1 Å². The molecule has 1 aromatic carbocycles. The Bertz CT molecular complexity index is 758. The van der Waals surface area contributed by atoms with E-state index in [1.807, 2.05) is 24.3 Å². The standard InChI is InChI=1S/C17H21N3O5/c1-20-16(22)8-7-15(19-20)17(23)18-9-13(21)11-25-10-12-3-5-14(24-2)6-4-12/h3-8,13,21H,9-11H2,1-2H3,(H,18,23). The zero-order valence-corrected chi connectivity index (χ0v) is 14.1. The van der Waals surface area contributed by atoms with Crippen molar-refractivity contribution >= 4 is 5.91 Å². The molecule has 0 bridgehead atoms. The van der Waals surface area contributed by atoms with E-state index in [4.69, 9.17) is 9.47 Å². The third kappa shape index (κ3) is 5.70. The maximum atomic E-state index is 11.9. The van der Waals surface area contributed by atoms with E-state index >= 15 is 0 Å². The average Bonchev–Trinajstić information content (AvgIpc) is 2.62. The van der Waals surface area contributed by atoms with Crippen molar-refractivity contribution < 1.29 is 19.4 Å². The molecule has 134 valence electrons. The van der Waals surface area contributed by atoms with E-state index in [0.29, 0.717) is 6.61 Å². The molecule has 1 unspecified atom stereocenters. The Labute approximate surface area is 145 Å². The maximum Gasteiger partial charge on any atom is 0.271 e. The second-order valence-electron chi connectivity index (χ2n) is 5.41. The van der Waals surface area contributed by atoms with E-state index in [1.165, 1.54) is 19.2 Å². The SMILES string of the molecule is COc1ccc(COCC(O)CNC(=O)c2ccc(=O)n(C)n2)cc1. The second-order valence-corrected chi connectivity index (χ2v) is 5.41. The first kappa shape index (κ1) is 18.6. The van der Waals surface area contributed by atoms with Crippen LogP contribution in [0, 0.1) is 0 Å². The van der Waals surface area contributed by atoms with Crippen LogP contribution in [0.15, 0.2) is 41.2 Å². The number of aromatic nitrogens is 2. The minimum absolute atomic E-state index is 0.0198. The largest absolute Gasteiger partial charge is 0.497 e. The Morgan fingerprint density at radius 3 is 2.64 bits per heavy atom. The third-order valence-corrected chi connectivity index (χ3v) is 3.43. The highest BCUT2D eigenvalue weighted by Gasteiger charge is 2.11. The van der Waals surface area contributed by atoms with Crippen molar-refractivity contribution in [2.75, 3.05) is 20.3 Å². The summed E-state index contributed by atoms with van der Waals surface area (Å²) in [7, 11) is 3.06. The lowest BCUT2D eigenvalue weighted by Crippen LogP contribution is -2.36. The molecule has 25 heavy (non-hydrogen) atoms. The number of aliphatic hydroxyl groups excluding tert-OH is 1. The first-order valence-corrected chi connectivity index (χ1v) is 7.71. The summed E-state index contributed by atoms with van der Waals surface area (Å²) in [6.07, 6.45) is -0.852. The molecule has 1 heterocycles. The number of amides is 1. The second kappa shape index (κ2) is 8.95. The maximum absolute atomic E-state index is 11.9. The van der Waals surface area contributed by atoms with Gasteiger partial charge in [0.25, 0.3) is 11.5 Å². The molecule has 0 aliphatic carbocycles. The van der Waals surface area contributed by atoms with Gasteiger partial charge in [0.15, 0.2) is 0 Å². The molecule has 1 amide bonds. The molecule has 8 heteroatoms. The van der Waals surface area contributed by atoms with Crippen molar-refractivity contribution in [2.24, 2.45) is 7.05 Å². The summed E-state index contributed by atoms with van der Waals surface area (Å²) in [5.74, 6) is 0.295. The number of carbonyl (C=O) groups is 1. The summed E-state index contributed by atoms with van der Waals surface area (Å²) in [6, 6.07) is 10.0. The zero-order chi connectivity index (χ0) is 18.2. The summed E-state index contributed by atoms with van der Waals surface area (Å²) in [6.45, 7) is 0.441. The van der Waals surface area contributed by atoms with Gasteiger partial charge in [-0.3, -0.25) is 9.59 Å². The number of nitrogens with zero attached hydrogens (tertiary/aromatic N) is 2. The number of hydrogen-bond acceptors (Lipinski definition) is 6. The smallest absolute Gasteiger partial charge is 0.271 e. The molecule has 0 aliphatic heterocycles. The van der Waals surface area contributed by atoms with E-state index in [-0.39, 0.29) is 24.4 Å². The first-order valence-electron chi connectivity index (χ1n) is 7.71. The fourth-order valence-corrected chi connectivity index (χ4v) is 2.02. The van der Waals surface area contributed by atoms with Crippen molar-refractivity contribution in [1.29, 1.82) is 0 Å². The van der Waals surface area contributed by atoms with Crippen LogP contribution in [-0.2, 0) is 18.4 Å². The van der Waals surface area contributed by atoms with Crippen LogP contribution in [0.3, 0.4) is 0 Å². The fraction of sp³-hybridized carbons (Fsp3) is 0.353. The number of rotatable bonds is 8. The van der Waals surface area contributed by atoms with Gasteiger partial charge >= 0.3 is 0 Å². The van der Waals surface area contributed by atoms with Crippen LogP contribution < -0.4 is 15.6 Å². The zero-order valence-electron chi connectivity index (χ0n) is 14.1. The van der Waals surface area contributed by atoms with Gasteiger partial charge < -0.3 is 19.9 Å². The van der Waals surface area contributed by atoms with Gasteiger partial charge in [-0.2, -0.15) is 5.10 Å². The van der Waals surface area contributed by atoms with Crippen LogP contribution in [0.25, 0.3) is 0 Å². The molecular weight excluding hydrogens is 326 g/mol. The van der Waals surface area contributed by atoms with Crippen molar-refractivity contribution in [3.8, 4) is 5.75 Å².